The molecule has 10 nitrogen and oxygen atoms in total. The lowest BCUT2D eigenvalue weighted by atomic mass is 10.1. The number of nitrogens with one attached hydrogen (secondary N) is 1. The zero-order valence-corrected chi connectivity index (χ0v) is 27.2. The number of anilines is 1. The summed E-state index contributed by atoms with van der Waals surface area (Å²) in [7, 11) is -1.98. The molecule has 3 aromatic carbocycles. The largest absolute Gasteiger partial charge is 0.635 e. The number of rotatable bonds is 14. The molecule has 1 saturated heterocycles. The van der Waals surface area contributed by atoms with E-state index >= 15 is 0 Å². The molecular weight excluding hydrogens is 605 g/mol. The van der Waals surface area contributed by atoms with E-state index in [9.17, 15) is 14.8 Å². The summed E-state index contributed by atoms with van der Waals surface area (Å²) in [6, 6.07) is 30.1. The van der Waals surface area contributed by atoms with Crippen LogP contribution in [0.2, 0.25) is 0 Å². The predicted octanol–water partition coefficient (Wildman–Crippen LogP) is 4.31. The summed E-state index contributed by atoms with van der Waals surface area (Å²) in [6.45, 7) is 9.28. The molecule has 1 aliphatic rings. The molecule has 0 unspecified atom stereocenters. The van der Waals surface area contributed by atoms with Crippen molar-refractivity contribution in [1.29, 1.82) is 0 Å². The van der Waals surface area contributed by atoms with Gasteiger partial charge in [0.15, 0.2) is 0 Å². The Balaban J connectivity index is 0.00000480. The maximum absolute atomic E-state index is 13.1. The average Bonchev–Trinajstić information content (AvgIpc) is 3.45. The summed E-state index contributed by atoms with van der Waals surface area (Å²) < 4.78 is 12.9. The van der Waals surface area contributed by atoms with Gasteiger partial charge in [-0.1, -0.05) is 74.5 Å². The second-order valence-corrected chi connectivity index (χ2v) is 11.6. The third kappa shape index (κ3) is 10.1. The molecule has 5 rings (SSSR count). The summed E-state index contributed by atoms with van der Waals surface area (Å²) in [4.78, 5) is 17.9. The number of hydrogen-bond donors (Lipinski definition) is 3. The van der Waals surface area contributed by atoms with Crippen molar-refractivity contribution in [3.05, 3.63) is 91.0 Å². The van der Waals surface area contributed by atoms with Gasteiger partial charge in [0.25, 0.3) is 0 Å². The molecule has 0 saturated carbocycles. The van der Waals surface area contributed by atoms with Crippen molar-refractivity contribution in [3.63, 3.8) is 0 Å². The smallest absolute Gasteiger partial charge is 0.492 e. The Bertz CT molecular complexity index is 1490. The van der Waals surface area contributed by atoms with Gasteiger partial charge in [-0.3, -0.25) is 14.4 Å². The molecular formula is C34H43BClN5O5. The maximum Gasteiger partial charge on any atom is 0.635 e. The number of halogens is 1. The fourth-order valence-corrected chi connectivity index (χ4v) is 5.51. The zero-order chi connectivity index (χ0) is 31.6. The number of hydrogen-bond acceptors (Lipinski definition) is 8. The quantitative estimate of drug-likeness (QED) is 0.137. The summed E-state index contributed by atoms with van der Waals surface area (Å²) in [5, 5.41) is 26.2. The number of aromatic nitrogens is 2. The van der Waals surface area contributed by atoms with Crippen LogP contribution in [0.25, 0.3) is 22.5 Å². The standard InChI is InChI=1S/C34H42BN5O5.ClH/c1-26(2)22-34(45-35(42)43)36-33(41)25-40-32(27-10-5-3-6-11-27)24-31(37-40)28-12-9-15-30(23-28)44-21-20-38-16-18-39(19-17-38)29-13-7-4-8-14-29;/h3-15,23-24,26,34,42-43H,16-22,25H2,1-2H3,(H,36,41);1H/t34-;/m1./s1. The summed E-state index contributed by atoms with van der Waals surface area (Å²) in [5.41, 5.74) is 4.57. The molecule has 244 valence electrons. The Kier molecular flexibility index (Phi) is 13.1. The number of para-hydroxylation sites is 1. The van der Waals surface area contributed by atoms with Gasteiger partial charge in [0, 0.05) is 44.0 Å². The number of benzene rings is 3. The Morgan fingerprint density at radius 1 is 0.913 bits per heavy atom. The van der Waals surface area contributed by atoms with Crippen molar-refractivity contribution >= 4 is 31.3 Å². The highest BCUT2D eigenvalue weighted by atomic mass is 35.5. The van der Waals surface area contributed by atoms with Gasteiger partial charge in [-0.2, -0.15) is 5.10 Å². The van der Waals surface area contributed by atoms with Crippen molar-refractivity contribution in [2.75, 3.05) is 44.2 Å². The first-order valence-electron chi connectivity index (χ1n) is 15.5. The number of carbonyl (C=O) groups is 1. The van der Waals surface area contributed by atoms with Gasteiger partial charge in [0.2, 0.25) is 5.91 Å². The van der Waals surface area contributed by atoms with Crippen molar-refractivity contribution in [1.82, 2.24) is 20.0 Å². The van der Waals surface area contributed by atoms with Crippen LogP contribution in [0, 0.1) is 5.92 Å². The third-order valence-electron chi connectivity index (χ3n) is 7.74. The molecule has 1 atom stereocenters. The molecule has 0 spiro atoms. The van der Waals surface area contributed by atoms with E-state index < -0.39 is 13.5 Å². The lowest BCUT2D eigenvalue weighted by Crippen LogP contribution is -2.47. The topological polar surface area (TPSA) is 112 Å². The fourth-order valence-electron chi connectivity index (χ4n) is 5.51. The summed E-state index contributed by atoms with van der Waals surface area (Å²) in [5.74, 6) is 0.583. The van der Waals surface area contributed by atoms with Gasteiger partial charge in [-0.05, 0) is 48.2 Å². The van der Waals surface area contributed by atoms with E-state index in [0.29, 0.717) is 18.7 Å². The van der Waals surface area contributed by atoms with E-state index in [0.717, 1.165) is 55.3 Å². The van der Waals surface area contributed by atoms with Gasteiger partial charge in [-0.25, -0.2) is 0 Å². The molecule has 1 fully saturated rings. The van der Waals surface area contributed by atoms with Gasteiger partial charge in [0.1, 0.15) is 25.1 Å². The molecule has 12 heteroatoms. The molecule has 1 aromatic heterocycles. The van der Waals surface area contributed by atoms with Crippen LogP contribution in [0.5, 0.6) is 5.75 Å². The maximum atomic E-state index is 13.1. The first kappa shape index (κ1) is 35.0. The normalized spacial score (nSPS) is 14.1. The predicted molar refractivity (Wildman–Crippen MR) is 184 cm³/mol. The second-order valence-electron chi connectivity index (χ2n) is 11.6. The van der Waals surface area contributed by atoms with Gasteiger partial charge >= 0.3 is 7.32 Å². The Morgan fingerprint density at radius 2 is 1.59 bits per heavy atom. The number of piperazine rings is 1. The van der Waals surface area contributed by atoms with Crippen LogP contribution in [0.3, 0.4) is 0 Å². The number of ether oxygens (including phenoxy) is 1. The monoisotopic (exact) mass is 647 g/mol. The third-order valence-corrected chi connectivity index (χ3v) is 7.74. The van der Waals surface area contributed by atoms with Crippen molar-refractivity contribution in [2.24, 2.45) is 5.92 Å². The molecule has 3 N–H and O–H groups in total. The highest BCUT2D eigenvalue weighted by molar-refractivity contribution is 6.32. The molecule has 2 heterocycles. The van der Waals surface area contributed by atoms with Gasteiger partial charge in [0.05, 0.1) is 11.4 Å². The van der Waals surface area contributed by atoms with Gasteiger partial charge in [-0.15, -0.1) is 12.4 Å². The van der Waals surface area contributed by atoms with Crippen LogP contribution < -0.4 is 15.0 Å². The highest BCUT2D eigenvalue weighted by Gasteiger charge is 2.23. The van der Waals surface area contributed by atoms with E-state index in [1.807, 2.05) is 80.6 Å². The van der Waals surface area contributed by atoms with E-state index in [2.05, 4.69) is 39.4 Å². The molecule has 1 aliphatic heterocycles. The zero-order valence-electron chi connectivity index (χ0n) is 26.4. The molecule has 1 amide bonds. The average molecular weight is 648 g/mol. The summed E-state index contributed by atoms with van der Waals surface area (Å²) >= 11 is 0. The summed E-state index contributed by atoms with van der Waals surface area (Å²) in [6.07, 6.45) is -0.412. The van der Waals surface area contributed by atoms with Crippen LogP contribution in [0.4, 0.5) is 5.69 Å². The van der Waals surface area contributed by atoms with Crippen molar-refractivity contribution < 1.29 is 24.2 Å². The lowest BCUT2D eigenvalue weighted by Gasteiger charge is -2.36. The second kappa shape index (κ2) is 17.2. The Hall–Kier alpha value is -3.87. The molecule has 46 heavy (non-hydrogen) atoms. The van der Waals surface area contributed by atoms with E-state index in [1.165, 1.54) is 5.69 Å². The highest BCUT2D eigenvalue weighted by Crippen LogP contribution is 2.28. The fraction of sp³-hybridized carbons (Fsp3) is 0.353. The van der Waals surface area contributed by atoms with Crippen molar-refractivity contribution in [2.45, 2.75) is 33.0 Å². The molecule has 4 aromatic rings. The number of nitrogens with zero attached hydrogens (tertiary/aromatic N) is 4. The van der Waals surface area contributed by atoms with E-state index in [-0.39, 0.29) is 30.8 Å². The molecule has 0 aliphatic carbocycles. The lowest BCUT2D eigenvalue weighted by molar-refractivity contribution is -0.125. The SMILES string of the molecule is CC(C)C[C@H](NC(=O)Cn1nc(-c2cccc(OCCN3CCN(c4ccccc4)CC3)c2)cc1-c1ccccc1)OB(O)O.Cl. The Morgan fingerprint density at radius 3 is 2.26 bits per heavy atom. The first-order valence-corrected chi connectivity index (χ1v) is 15.5. The number of amides is 1. The van der Waals surface area contributed by atoms with Gasteiger partial charge < -0.3 is 29.7 Å². The first-order chi connectivity index (χ1) is 21.8. The van der Waals surface area contributed by atoms with Crippen LogP contribution in [-0.4, -0.2) is 83.5 Å². The number of carbonyl (C=O) groups excluding carboxylic acids is 1. The Labute approximate surface area is 277 Å². The van der Waals surface area contributed by atoms with E-state index in [1.54, 1.807) is 4.68 Å². The molecule has 0 radical (unpaired) electrons. The minimum atomic E-state index is -1.98. The van der Waals surface area contributed by atoms with E-state index in [4.69, 9.17) is 14.5 Å². The molecule has 0 bridgehead atoms. The van der Waals surface area contributed by atoms with Crippen LogP contribution in [0.1, 0.15) is 20.3 Å². The van der Waals surface area contributed by atoms with Crippen LogP contribution >= 0.6 is 12.4 Å². The van der Waals surface area contributed by atoms with Crippen LogP contribution in [0.15, 0.2) is 91.0 Å². The van der Waals surface area contributed by atoms with Crippen molar-refractivity contribution in [3.8, 4) is 28.3 Å². The van der Waals surface area contributed by atoms with Crippen LogP contribution in [-0.2, 0) is 16.0 Å². The minimum absolute atomic E-state index is 0. The minimum Gasteiger partial charge on any atom is -0.492 e.